The summed E-state index contributed by atoms with van der Waals surface area (Å²) in [5, 5.41) is 2.22. The third-order valence-corrected chi connectivity index (χ3v) is 4.12. The van der Waals surface area contributed by atoms with Crippen molar-refractivity contribution in [2.45, 2.75) is 24.8 Å². The Morgan fingerprint density at radius 2 is 2.00 bits per heavy atom. The molecule has 1 N–H and O–H groups in total. The molecule has 1 aromatic carbocycles. The number of imide groups is 1. The van der Waals surface area contributed by atoms with Gasteiger partial charge in [0, 0.05) is 4.90 Å². The van der Waals surface area contributed by atoms with E-state index in [4.69, 9.17) is 0 Å². The van der Waals surface area contributed by atoms with Gasteiger partial charge in [-0.25, -0.2) is 0 Å². The minimum Gasteiger partial charge on any atom is -0.321 e. The lowest BCUT2D eigenvalue weighted by Crippen LogP contribution is -2.59. The highest BCUT2D eigenvalue weighted by molar-refractivity contribution is 8.00. The molecule has 1 unspecified atom stereocenters. The van der Waals surface area contributed by atoms with Gasteiger partial charge in [-0.1, -0.05) is 17.7 Å². The molecule has 0 spiro atoms. The van der Waals surface area contributed by atoms with Gasteiger partial charge in [0.15, 0.2) is 0 Å². The minimum atomic E-state index is -0.598. The van der Waals surface area contributed by atoms with Crippen LogP contribution in [0.4, 0.5) is 0 Å². The lowest BCUT2D eigenvalue weighted by atomic mass is 10.2. The van der Waals surface area contributed by atoms with Crippen LogP contribution in [0.5, 0.6) is 0 Å². The molecule has 20 heavy (non-hydrogen) atoms. The Morgan fingerprint density at radius 1 is 1.35 bits per heavy atom. The molecule has 1 atom stereocenters. The summed E-state index contributed by atoms with van der Waals surface area (Å²) in [5.74, 6) is -0.837. The zero-order valence-electron chi connectivity index (χ0n) is 11.4. The van der Waals surface area contributed by atoms with Crippen molar-refractivity contribution >= 4 is 29.5 Å². The summed E-state index contributed by atoms with van der Waals surface area (Å²) in [6, 6.07) is 7.26. The maximum atomic E-state index is 12.1. The number of piperazine rings is 1. The fraction of sp³-hybridized carbons (Fsp3) is 0.357. The highest BCUT2D eigenvalue weighted by atomic mass is 32.2. The first-order valence-corrected chi connectivity index (χ1v) is 7.28. The number of carbonyl (C=O) groups is 3. The molecule has 1 heterocycles. The Morgan fingerprint density at radius 3 is 2.65 bits per heavy atom. The van der Waals surface area contributed by atoms with Crippen molar-refractivity contribution in [3.05, 3.63) is 29.8 Å². The van der Waals surface area contributed by atoms with Crippen LogP contribution >= 0.6 is 11.8 Å². The van der Waals surface area contributed by atoms with E-state index in [9.17, 15) is 14.4 Å². The summed E-state index contributed by atoms with van der Waals surface area (Å²) < 4.78 is 0. The second kappa shape index (κ2) is 6.09. The molecule has 1 aliphatic heterocycles. The molecular formula is C14H16N2O3S. The summed E-state index contributed by atoms with van der Waals surface area (Å²) in [7, 11) is 0. The van der Waals surface area contributed by atoms with Crippen LogP contribution in [-0.4, -0.2) is 41.0 Å². The van der Waals surface area contributed by atoms with E-state index in [0.29, 0.717) is 0 Å². The number of hydrogen-bond acceptors (Lipinski definition) is 4. The number of carbonyl (C=O) groups excluding carboxylic acids is 3. The van der Waals surface area contributed by atoms with Crippen LogP contribution in [0.25, 0.3) is 0 Å². The van der Waals surface area contributed by atoms with Gasteiger partial charge in [0.05, 0.1) is 5.75 Å². The Bertz CT molecular complexity index is 542. The predicted octanol–water partition coefficient (Wildman–Crippen LogP) is 0.961. The molecule has 1 fully saturated rings. The minimum absolute atomic E-state index is 0.0554. The third-order valence-electron chi connectivity index (χ3n) is 3.13. The second-order valence-corrected chi connectivity index (χ2v) is 5.76. The average molecular weight is 292 g/mol. The van der Waals surface area contributed by atoms with Gasteiger partial charge in [0.1, 0.15) is 12.6 Å². The second-order valence-electron chi connectivity index (χ2n) is 4.71. The monoisotopic (exact) mass is 292 g/mol. The van der Waals surface area contributed by atoms with Crippen LogP contribution in [0.15, 0.2) is 29.2 Å². The quantitative estimate of drug-likeness (QED) is 0.665. The normalized spacial score (nSPS) is 18.9. The molecule has 1 saturated heterocycles. The number of amides is 3. The topological polar surface area (TPSA) is 66.5 Å². The molecule has 5 nitrogen and oxygen atoms in total. The number of aryl methyl sites for hydroxylation is 1. The van der Waals surface area contributed by atoms with E-state index in [0.717, 1.165) is 10.5 Å². The first-order chi connectivity index (χ1) is 9.47. The summed E-state index contributed by atoms with van der Waals surface area (Å²) in [6.45, 7) is 3.57. The standard InChI is InChI=1S/C14H16N2O3S/c1-9-3-5-11(6-4-9)20-8-13(18)16-7-12(17)15-14(19)10(16)2/h3-6,10H,7-8H2,1-2H3,(H,15,17,19). The zero-order valence-corrected chi connectivity index (χ0v) is 12.2. The molecule has 1 aliphatic rings. The summed E-state index contributed by atoms with van der Waals surface area (Å²) in [4.78, 5) is 37.2. The summed E-state index contributed by atoms with van der Waals surface area (Å²) >= 11 is 1.40. The van der Waals surface area contributed by atoms with Crippen LogP contribution in [0, 0.1) is 6.92 Å². The molecule has 0 bridgehead atoms. The molecule has 6 heteroatoms. The van der Waals surface area contributed by atoms with E-state index in [1.165, 1.54) is 16.7 Å². The van der Waals surface area contributed by atoms with Crippen molar-refractivity contribution in [3.63, 3.8) is 0 Å². The first kappa shape index (κ1) is 14.6. The van der Waals surface area contributed by atoms with E-state index in [2.05, 4.69) is 5.32 Å². The Labute approximate surface area is 121 Å². The van der Waals surface area contributed by atoms with Crippen molar-refractivity contribution in [2.75, 3.05) is 12.3 Å². The summed E-state index contributed by atoms with van der Waals surface area (Å²) in [6.07, 6.45) is 0. The van der Waals surface area contributed by atoms with Crippen LogP contribution in [0.2, 0.25) is 0 Å². The molecule has 0 aromatic heterocycles. The van der Waals surface area contributed by atoms with E-state index in [-0.39, 0.29) is 18.2 Å². The van der Waals surface area contributed by atoms with Crippen molar-refractivity contribution in [2.24, 2.45) is 0 Å². The van der Waals surface area contributed by atoms with Gasteiger partial charge in [0.2, 0.25) is 17.7 Å². The number of thioether (sulfide) groups is 1. The van der Waals surface area contributed by atoms with Crippen LogP contribution in [0.3, 0.4) is 0 Å². The fourth-order valence-electron chi connectivity index (χ4n) is 1.88. The molecule has 1 aromatic rings. The summed E-state index contributed by atoms with van der Waals surface area (Å²) in [5.41, 5.74) is 1.16. The maximum Gasteiger partial charge on any atom is 0.249 e. The van der Waals surface area contributed by atoms with Gasteiger partial charge in [-0.05, 0) is 26.0 Å². The van der Waals surface area contributed by atoms with Crippen molar-refractivity contribution in [1.82, 2.24) is 10.2 Å². The first-order valence-electron chi connectivity index (χ1n) is 6.30. The number of hydrogen-bond donors (Lipinski definition) is 1. The van der Waals surface area contributed by atoms with Crippen molar-refractivity contribution in [3.8, 4) is 0 Å². The SMILES string of the molecule is Cc1ccc(SCC(=O)N2CC(=O)NC(=O)C2C)cc1. The van der Waals surface area contributed by atoms with Crippen molar-refractivity contribution < 1.29 is 14.4 Å². The molecule has 0 radical (unpaired) electrons. The van der Waals surface area contributed by atoms with Gasteiger partial charge in [-0.2, -0.15) is 0 Å². The van der Waals surface area contributed by atoms with E-state index < -0.39 is 17.9 Å². The highest BCUT2D eigenvalue weighted by Gasteiger charge is 2.33. The largest absolute Gasteiger partial charge is 0.321 e. The lowest BCUT2D eigenvalue weighted by molar-refractivity contribution is -0.148. The zero-order chi connectivity index (χ0) is 14.7. The average Bonchev–Trinajstić information content (AvgIpc) is 2.42. The molecule has 2 rings (SSSR count). The highest BCUT2D eigenvalue weighted by Crippen LogP contribution is 2.19. The van der Waals surface area contributed by atoms with Crippen LogP contribution < -0.4 is 5.32 Å². The van der Waals surface area contributed by atoms with Crippen molar-refractivity contribution in [1.29, 1.82) is 0 Å². The number of nitrogens with zero attached hydrogens (tertiary/aromatic N) is 1. The van der Waals surface area contributed by atoms with E-state index in [1.807, 2.05) is 31.2 Å². The number of benzene rings is 1. The van der Waals surface area contributed by atoms with Crippen LogP contribution in [0.1, 0.15) is 12.5 Å². The Balaban J connectivity index is 1.95. The number of rotatable bonds is 3. The smallest absolute Gasteiger partial charge is 0.249 e. The molecule has 0 saturated carbocycles. The molecular weight excluding hydrogens is 276 g/mol. The molecule has 106 valence electrons. The van der Waals surface area contributed by atoms with Crippen LogP contribution in [-0.2, 0) is 14.4 Å². The van der Waals surface area contributed by atoms with E-state index in [1.54, 1.807) is 6.92 Å². The Kier molecular flexibility index (Phi) is 4.44. The van der Waals surface area contributed by atoms with E-state index >= 15 is 0 Å². The Hall–Kier alpha value is -1.82. The van der Waals surface area contributed by atoms with Gasteiger partial charge in [-0.15, -0.1) is 11.8 Å². The van der Waals surface area contributed by atoms with Gasteiger partial charge in [-0.3, -0.25) is 19.7 Å². The lowest BCUT2D eigenvalue weighted by Gasteiger charge is -2.31. The molecule has 0 aliphatic carbocycles. The predicted molar refractivity (Wildman–Crippen MR) is 76.2 cm³/mol. The fourth-order valence-corrected chi connectivity index (χ4v) is 2.67. The third kappa shape index (κ3) is 3.39. The number of nitrogens with one attached hydrogen (secondary N) is 1. The van der Waals surface area contributed by atoms with Gasteiger partial charge < -0.3 is 4.90 Å². The maximum absolute atomic E-state index is 12.1. The molecule has 3 amide bonds. The van der Waals surface area contributed by atoms with Gasteiger partial charge in [0.25, 0.3) is 0 Å². The van der Waals surface area contributed by atoms with Gasteiger partial charge >= 0.3 is 0 Å².